The Morgan fingerprint density at radius 1 is 0.774 bits per heavy atom. The zero-order valence-corrected chi connectivity index (χ0v) is 17.8. The van der Waals surface area contributed by atoms with Crippen molar-refractivity contribution in [2.45, 2.75) is 0 Å². The van der Waals surface area contributed by atoms with Crippen molar-refractivity contribution in [3.63, 3.8) is 0 Å². The molecule has 31 heavy (non-hydrogen) atoms. The zero-order valence-electron chi connectivity index (χ0n) is 16.2. The van der Waals surface area contributed by atoms with E-state index in [0.717, 1.165) is 0 Å². The third-order valence-electron chi connectivity index (χ3n) is 4.20. The number of amides is 3. The molecule has 0 saturated heterocycles. The Morgan fingerprint density at radius 2 is 1.52 bits per heavy atom. The van der Waals surface area contributed by atoms with Gasteiger partial charge in [-0.3, -0.25) is 25.2 Å². The molecule has 0 heterocycles. The average Bonchev–Trinajstić information content (AvgIpc) is 2.77. The van der Waals surface area contributed by atoms with Crippen molar-refractivity contribution < 1.29 is 19.1 Å². The van der Waals surface area contributed by atoms with Crippen molar-refractivity contribution in [1.29, 1.82) is 0 Å². The third kappa shape index (κ3) is 5.53. The lowest BCUT2D eigenvalue weighted by atomic mass is 10.1. The van der Waals surface area contributed by atoms with Gasteiger partial charge in [0.25, 0.3) is 17.7 Å². The van der Waals surface area contributed by atoms with Crippen LogP contribution in [0.15, 0.2) is 66.7 Å². The number of halogens is 2. The first-order chi connectivity index (χ1) is 14.9. The fraction of sp³-hybridized carbons (Fsp3) is 0.0455. The number of nitrogens with one attached hydrogen (secondary N) is 3. The highest BCUT2D eigenvalue weighted by Crippen LogP contribution is 2.22. The van der Waals surface area contributed by atoms with Gasteiger partial charge in [-0.15, -0.1) is 0 Å². The van der Waals surface area contributed by atoms with Crippen molar-refractivity contribution in [1.82, 2.24) is 10.9 Å². The maximum absolute atomic E-state index is 12.4. The molecule has 0 spiro atoms. The van der Waals surface area contributed by atoms with Gasteiger partial charge in [-0.25, -0.2) is 0 Å². The summed E-state index contributed by atoms with van der Waals surface area (Å²) >= 11 is 12.0. The second kappa shape index (κ2) is 9.97. The summed E-state index contributed by atoms with van der Waals surface area (Å²) in [4.78, 5) is 37.2. The van der Waals surface area contributed by atoms with Gasteiger partial charge in [0, 0.05) is 16.3 Å². The first kappa shape index (κ1) is 22.1. The molecule has 0 atom stereocenters. The molecule has 7 nitrogen and oxygen atoms in total. The van der Waals surface area contributed by atoms with Crippen molar-refractivity contribution in [2.24, 2.45) is 0 Å². The summed E-state index contributed by atoms with van der Waals surface area (Å²) < 4.78 is 5.13. The van der Waals surface area contributed by atoms with E-state index in [-0.39, 0.29) is 11.1 Å². The lowest BCUT2D eigenvalue weighted by molar-refractivity contribution is 0.0845. The van der Waals surface area contributed by atoms with Crippen LogP contribution in [0.3, 0.4) is 0 Å². The van der Waals surface area contributed by atoms with Crippen LogP contribution in [0, 0.1) is 0 Å². The fourth-order valence-corrected chi connectivity index (χ4v) is 3.09. The Bertz CT molecular complexity index is 1150. The van der Waals surface area contributed by atoms with Crippen LogP contribution in [0.25, 0.3) is 0 Å². The second-order valence-electron chi connectivity index (χ2n) is 6.27. The van der Waals surface area contributed by atoms with E-state index in [1.165, 1.54) is 25.3 Å². The molecule has 158 valence electrons. The first-order valence-corrected chi connectivity index (χ1v) is 9.75. The quantitative estimate of drug-likeness (QED) is 0.496. The van der Waals surface area contributed by atoms with Gasteiger partial charge in [-0.2, -0.15) is 0 Å². The molecular weight excluding hydrogens is 441 g/mol. The molecule has 0 radical (unpaired) electrons. The summed E-state index contributed by atoms with van der Waals surface area (Å²) in [5.41, 5.74) is 5.71. The molecule has 0 aromatic heterocycles. The van der Waals surface area contributed by atoms with E-state index in [1.54, 1.807) is 48.5 Å². The molecule has 3 N–H and O–H groups in total. The van der Waals surface area contributed by atoms with Gasteiger partial charge in [0.15, 0.2) is 0 Å². The largest absolute Gasteiger partial charge is 0.496 e. The van der Waals surface area contributed by atoms with Crippen molar-refractivity contribution in [3.05, 3.63) is 93.5 Å². The number of rotatable bonds is 5. The predicted molar refractivity (Wildman–Crippen MR) is 119 cm³/mol. The molecule has 0 unspecified atom stereocenters. The number of hydrogen-bond donors (Lipinski definition) is 3. The van der Waals surface area contributed by atoms with Crippen LogP contribution in [0.5, 0.6) is 5.75 Å². The molecule has 0 aliphatic carbocycles. The normalized spacial score (nSPS) is 10.2. The van der Waals surface area contributed by atoms with E-state index in [9.17, 15) is 14.4 Å². The molecule has 3 aromatic rings. The van der Waals surface area contributed by atoms with Crippen LogP contribution in [0.4, 0.5) is 5.69 Å². The maximum atomic E-state index is 12.4. The fourth-order valence-electron chi connectivity index (χ4n) is 2.69. The number of anilines is 1. The SMILES string of the molecule is COc1ccc(Cl)cc1C(=O)NNC(=O)c1cccc(NC(=O)c2ccccc2Cl)c1. The number of ether oxygens (including phenoxy) is 1. The van der Waals surface area contributed by atoms with Crippen LogP contribution >= 0.6 is 23.2 Å². The van der Waals surface area contributed by atoms with E-state index < -0.39 is 17.7 Å². The minimum absolute atomic E-state index is 0.163. The Balaban J connectivity index is 1.66. The maximum Gasteiger partial charge on any atom is 0.273 e. The lowest BCUT2D eigenvalue weighted by Crippen LogP contribution is -2.41. The molecule has 9 heteroatoms. The number of carbonyl (C=O) groups excluding carboxylic acids is 3. The third-order valence-corrected chi connectivity index (χ3v) is 4.76. The zero-order chi connectivity index (χ0) is 22.4. The van der Waals surface area contributed by atoms with Crippen LogP contribution in [-0.2, 0) is 0 Å². The Hall–Kier alpha value is -3.55. The summed E-state index contributed by atoms with van der Waals surface area (Å²) in [6.07, 6.45) is 0. The summed E-state index contributed by atoms with van der Waals surface area (Å²) in [6.45, 7) is 0. The van der Waals surface area contributed by atoms with E-state index in [2.05, 4.69) is 16.2 Å². The highest BCUT2D eigenvalue weighted by molar-refractivity contribution is 6.34. The number of hydrazine groups is 1. The van der Waals surface area contributed by atoms with Crippen LogP contribution < -0.4 is 20.9 Å². The van der Waals surface area contributed by atoms with E-state index in [4.69, 9.17) is 27.9 Å². The molecule has 0 fully saturated rings. The smallest absolute Gasteiger partial charge is 0.273 e. The first-order valence-electron chi connectivity index (χ1n) is 8.99. The van der Waals surface area contributed by atoms with Crippen LogP contribution in [0.1, 0.15) is 31.1 Å². The standard InChI is InChI=1S/C22H17Cl2N3O4/c1-31-19-10-9-14(23)12-17(19)22(30)27-26-20(28)13-5-4-6-15(11-13)25-21(29)16-7-2-3-8-18(16)24/h2-12H,1H3,(H,25,29)(H,26,28)(H,27,30). The molecule has 0 aliphatic heterocycles. The van der Waals surface area contributed by atoms with Gasteiger partial charge in [0.1, 0.15) is 5.75 Å². The monoisotopic (exact) mass is 457 g/mol. The summed E-state index contributed by atoms with van der Waals surface area (Å²) in [5.74, 6) is -1.29. The van der Waals surface area contributed by atoms with E-state index >= 15 is 0 Å². The Morgan fingerprint density at radius 3 is 2.26 bits per heavy atom. The van der Waals surface area contributed by atoms with Crippen LogP contribution in [-0.4, -0.2) is 24.8 Å². The van der Waals surface area contributed by atoms with Gasteiger partial charge in [0.05, 0.1) is 23.3 Å². The Kier molecular flexibility index (Phi) is 7.12. The molecule has 3 aromatic carbocycles. The number of hydrogen-bond acceptors (Lipinski definition) is 4. The average molecular weight is 458 g/mol. The summed E-state index contributed by atoms with van der Waals surface area (Å²) in [7, 11) is 1.42. The minimum atomic E-state index is -0.601. The van der Waals surface area contributed by atoms with Crippen molar-refractivity contribution >= 4 is 46.6 Å². The summed E-state index contributed by atoms with van der Waals surface area (Å²) in [5, 5.41) is 3.34. The molecule has 0 aliphatic rings. The molecule has 3 amide bonds. The number of carbonyl (C=O) groups is 3. The van der Waals surface area contributed by atoms with Gasteiger partial charge in [-0.1, -0.05) is 41.4 Å². The second-order valence-corrected chi connectivity index (χ2v) is 7.11. The number of benzene rings is 3. The molecule has 0 bridgehead atoms. The Labute approximate surface area is 188 Å². The topological polar surface area (TPSA) is 96.5 Å². The highest BCUT2D eigenvalue weighted by Gasteiger charge is 2.15. The lowest BCUT2D eigenvalue weighted by Gasteiger charge is -2.11. The van der Waals surface area contributed by atoms with Gasteiger partial charge < -0.3 is 10.1 Å². The van der Waals surface area contributed by atoms with Crippen LogP contribution in [0.2, 0.25) is 10.0 Å². The van der Waals surface area contributed by atoms with Gasteiger partial charge in [0.2, 0.25) is 0 Å². The summed E-state index contributed by atoms with van der Waals surface area (Å²) in [6, 6.07) is 17.4. The van der Waals surface area contributed by atoms with E-state index in [0.29, 0.717) is 27.0 Å². The molecular formula is C22H17Cl2N3O4. The predicted octanol–water partition coefficient (Wildman–Crippen LogP) is 4.33. The number of methoxy groups -OCH3 is 1. The minimum Gasteiger partial charge on any atom is -0.496 e. The van der Waals surface area contributed by atoms with Crippen molar-refractivity contribution in [3.8, 4) is 5.75 Å². The highest BCUT2D eigenvalue weighted by atomic mass is 35.5. The van der Waals surface area contributed by atoms with Gasteiger partial charge in [-0.05, 0) is 48.5 Å². The van der Waals surface area contributed by atoms with Gasteiger partial charge >= 0.3 is 0 Å². The molecule has 3 rings (SSSR count). The molecule has 0 saturated carbocycles. The van der Waals surface area contributed by atoms with E-state index in [1.807, 2.05) is 0 Å². The van der Waals surface area contributed by atoms with Crippen molar-refractivity contribution in [2.75, 3.05) is 12.4 Å².